The van der Waals surface area contributed by atoms with Gasteiger partial charge >= 0.3 is 0 Å². The van der Waals surface area contributed by atoms with E-state index in [1.54, 1.807) is 7.11 Å². The number of anilines is 1. The van der Waals surface area contributed by atoms with Crippen LogP contribution in [0, 0.1) is 6.92 Å². The third kappa shape index (κ3) is 3.68. The van der Waals surface area contributed by atoms with Crippen molar-refractivity contribution in [2.45, 2.75) is 13.3 Å². The molecule has 100 valence electrons. The van der Waals surface area contributed by atoms with E-state index in [1.807, 2.05) is 12.4 Å². The highest BCUT2D eigenvalue weighted by Gasteiger charge is 2.16. The maximum Gasteiger partial charge on any atom is 0.0556 e. The molecule has 1 aromatic heterocycles. The number of rotatable bonds is 5. The Balaban J connectivity index is 1.79. The third-order valence-corrected chi connectivity index (χ3v) is 3.42. The Morgan fingerprint density at radius 2 is 2.00 bits per heavy atom. The van der Waals surface area contributed by atoms with E-state index < -0.39 is 0 Å². The molecule has 1 fully saturated rings. The maximum absolute atomic E-state index is 5.09. The molecule has 0 spiro atoms. The molecule has 0 amide bonds. The van der Waals surface area contributed by atoms with Crippen LogP contribution in [0.2, 0.25) is 0 Å². The van der Waals surface area contributed by atoms with Crippen molar-refractivity contribution in [3.63, 3.8) is 0 Å². The molecule has 0 saturated carbocycles. The highest BCUT2D eigenvalue weighted by molar-refractivity contribution is 5.46. The zero-order chi connectivity index (χ0) is 12.8. The predicted octanol–water partition coefficient (Wildman–Crippen LogP) is 1.55. The lowest BCUT2D eigenvalue weighted by Gasteiger charge is -2.36. The smallest absolute Gasteiger partial charge is 0.0556 e. The van der Waals surface area contributed by atoms with Crippen LogP contribution in [0.15, 0.2) is 18.5 Å². The normalized spacial score (nSPS) is 17.1. The summed E-state index contributed by atoms with van der Waals surface area (Å²) >= 11 is 0. The molecule has 0 aliphatic carbocycles. The molecular formula is C14H23N3O. The Morgan fingerprint density at radius 1 is 1.22 bits per heavy atom. The van der Waals surface area contributed by atoms with Gasteiger partial charge in [-0.05, 0) is 25.0 Å². The first kappa shape index (κ1) is 13.3. The minimum Gasteiger partial charge on any atom is -0.385 e. The minimum atomic E-state index is 0.863. The molecule has 4 nitrogen and oxygen atoms in total. The lowest BCUT2D eigenvalue weighted by atomic mass is 10.2. The number of hydrogen-bond donors (Lipinski definition) is 0. The van der Waals surface area contributed by atoms with Crippen molar-refractivity contribution in [2.75, 3.05) is 51.3 Å². The Morgan fingerprint density at radius 3 is 2.67 bits per heavy atom. The lowest BCUT2D eigenvalue weighted by Crippen LogP contribution is -2.46. The third-order valence-electron chi connectivity index (χ3n) is 3.42. The number of pyridine rings is 1. The topological polar surface area (TPSA) is 28.6 Å². The highest BCUT2D eigenvalue weighted by atomic mass is 16.5. The van der Waals surface area contributed by atoms with Crippen LogP contribution in [-0.2, 0) is 4.74 Å². The van der Waals surface area contributed by atoms with Gasteiger partial charge in [-0.2, -0.15) is 0 Å². The van der Waals surface area contributed by atoms with Gasteiger partial charge in [-0.3, -0.25) is 9.88 Å². The number of aryl methyl sites for hydroxylation is 1. The van der Waals surface area contributed by atoms with Gasteiger partial charge in [0.25, 0.3) is 0 Å². The molecular weight excluding hydrogens is 226 g/mol. The molecule has 18 heavy (non-hydrogen) atoms. The van der Waals surface area contributed by atoms with Gasteiger partial charge in [0.15, 0.2) is 0 Å². The van der Waals surface area contributed by atoms with Crippen molar-refractivity contribution >= 4 is 5.69 Å². The highest BCUT2D eigenvalue weighted by Crippen LogP contribution is 2.16. The summed E-state index contributed by atoms with van der Waals surface area (Å²) in [5.41, 5.74) is 2.49. The van der Waals surface area contributed by atoms with Gasteiger partial charge in [-0.1, -0.05) is 0 Å². The zero-order valence-electron chi connectivity index (χ0n) is 11.4. The lowest BCUT2D eigenvalue weighted by molar-refractivity contribution is 0.169. The van der Waals surface area contributed by atoms with E-state index in [1.165, 1.54) is 11.3 Å². The summed E-state index contributed by atoms with van der Waals surface area (Å²) < 4.78 is 5.09. The van der Waals surface area contributed by atoms with E-state index in [4.69, 9.17) is 4.74 Å². The SMILES string of the molecule is COCCCN1CCN(c2cncc(C)c2)CC1. The number of ether oxygens (including phenoxy) is 1. The Kier molecular flexibility index (Phi) is 4.96. The fourth-order valence-corrected chi connectivity index (χ4v) is 2.37. The van der Waals surface area contributed by atoms with Crippen LogP contribution in [0.3, 0.4) is 0 Å². The summed E-state index contributed by atoms with van der Waals surface area (Å²) in [4.78, 5) is 9.20. The van der Waals surface area contributed by atoms with Crippen LogP contribution in [-0.4, -0.2) is 56.3 Å². The van der Waals surface area contributed by atoms with Crippen LogP contribution in [0.5, 0.6) is 0 Å². The van der Waals surface area contributed by atoms with Gasteiger partial charge in [0.1, 0.15) is 0 Å². The molecule has 1 aliphatic rings. The molecule has 0 unspecified atom stereocenters. The largest absolute Gasteiger partial charge is 0.385 e. The van der Waals surface area contributed by atoms with Crippen molar-refractivity contribution < 1.29 is 4.74 Å². The number of piperazine rings is 1. The summed E-state index contributed by atoms with van der Waals surface area (Å²) in [6.45, 7) is 8.57. The molecule has 1 aromatic rings. The van der Waals surface area contributed by atoms with Gasteiger partial charge in [-0.25, -0.2) is 0 Å². The van der Waals surface area contributed by atoms with Gasteiger partial charge in [0, 0.05) is 52.6 Å². The first-order chi connectivity index (χ1) is 8.79. The summed E-state index contributed by atoms with van der Waals surface area (Å²) in [7, 11) is 1.77. The predicted molar refractivity (Wildman–Crippen MR) is 74.1 cm³/mol. The van der Waals surface area contributed by atoms with Crippen molar-refractivity contribution in [1.82, 2.24) is 9.88 Å². The van der Waals surface area contributed by atoms with Crippen LogP contribution in [0.4, 0.5) is 5.69 Å². The molecule has 2 rings (SSSR count). The molecule has 4 heteroatoms. The summed E-state index contributed by atoms with van der Waals surface area (Å²) in [6, 6.07) is 2.22. The summed E-state index contributed by atoms with van der Waals surface area (Å²) in [5, 5.41) is 0. The second-order valence-corrected chi connectivity index (χ2v) is 4.90. The molecule has 0 aromatic carbocycles. The van der Waals surface area contributed by atoms with E-state index >= 15 is 0 Å². The van der Waals surface area contributed by atoms with E-state index in [0.717, 1.165) is 45.8 Å². The monoisotopic (exact) mass is 249 g/mol. The Hall–Kier alpha value is -1.13. The van der Waals surface area contributed by atoms with Gasteiger partial charge in [0.05, 0.1) is 11.9 Å². The average Bonchev–Trinajstić information content (AvgIpc) is 2.40. The van der Waals surface area contributed by atoms with Crippen molar-refractivity contribution in [2.24, 2.45) is 0 Å². The van der Waals surface area contributed by atoms with Crippen LogP contribution < -0.4 is 4.90 Å². The summed E-state index contributed by atoms with van der Waals surface area (Å²) in [6.07, 6.45) is 5.00. The van der Waals surface area contributed by atoms with Crippen LogP contribution >= 0.6 is 0 Å². The average molecular weight is 249 g/mol. The number of hydrogen-bond acceptors (Lipinski definition) is 4. The standard InChI is InChI=1S/C14H23N3O/c1-13-10-14(12-15-11-13)17-7-5-16(6-8-17)4-3-9-18-2/h10-12H,3-9H2,1-2H3. The first-order valence-electron chi connectivity index (χ1n) is 6.67. The van der Waals surface area contributed by atoms with E-state index in [0.29, 0.717) is 0 Å². The summed E-state index contributed by atoms with van der Waals surface area (Å²) in [5.74, 6) is 0. The molecule has 0 radical (unpaired) electrons. The minimum absolute atomic E-state index is 0.863. The van der Waals surface area contributed by atoms with Crippen molar-refractivity contribution in [1.29, 1.82) is 0 Å². The van der Waals surface area contributed by atoms with Gasteiger partial charge < -0.3 is 9.64 Å². The quantitative estimate of drug-likeness (QED) is 0.740. The first-order valence-corrected chi connectivity index (χ1v) is 6.67. The van der Waals surface area contributed by atoms with E-state index in [9.17, 15) is 0 Å². The van der Waals surface area contributed by atoms with Crippen molar-refractivity contribution in [3.05, 3.63) is 24.0 Å². The van der Waals surface area contributed by atoms with Crippen LogP contribution in [0.1, 0.15) is 12.0 Å². The van der Waals surface area contributed by atoms with Gasteiger partial charge in [-0.15, -0.1) is 0 Å². The second-order valence-electron chi connectivity index (χ2n) is 4.90. The van der Waals surface area contributed by atoms with E-state index in [-0.39, 0.29) is 0 Å². The number of aromatic nitrogens is 1. The Labute approximate surface area is 110 Å². The van der Waals surface area contributed by atoms with E-state index in [2.05, 4.69) is 27.8 Å². The molecule has 0 N–H and O–H groups in total. The van der Waals surface area contributed by atoms with Gasteiger partial charge in [0.2, 0.25) is 0 Å². The van der Waals surface area contributed by atoms with Crippen molar-refractivity contribution in [3.8, 4) is 0 Å². The Bertz CT molecular complexity index is 362. The number of nitrogens with zero attached hydrogens (tertiary/aromatic N) is 3. The maximum atomic E-state index is 5.09. The fraction of sp³-hybridized carbons (Fsp3) is 0.643. The molecule has 1 saturated heterocycles. The molecule has 0 atom stereocenters. The molecule has 0 bridgehead atoms. The molecule has 2 heterocycles. The fourth-order valence-electron chi connectivity index (χ4n) is 2.37. The van der Waals surface area contributed by atoms with Crippen LogP contribution in [0.25, 0.3) is 0 Å². The second kappa shape index (κ2) is 6.71. The zero-order valence-corrected chi connectivity index (χ0v) is 11.4. The number of methoxy groups -OCH3 is 1. The molecule has 1 aliphatic heterocycles.